The van der Waals surface area contributed by atoms with Crippen LogP contribution < -0.4 is 5.32 Å². The number of anilines is 1. The molecular weight excluding hydrogens is 453 g/mol. The van der Waals surface area contributed by atoms with E-state index in [1.54, 1.807) is 12.1 Å². The van der Waals surface area contributed by atoms with Crippen molar-refractivity contribution in [1.82, 2.24) is 0 Å². The maximum Gasteiger partial charge on any atom is 0.317 e. The number of ether oxygens (including phenoxy) is 1. The lowest BCUT2D eigenvalue weighted by molar-refractivity contribution is -0.156. The van der Waals surface area contributed by atoms with Crippen LogP contribution in [-0.2, 0) is 19.7 Å². The van der Waals surface area contributed by atoms with E-state index < -0.39 is 5.41 Å². The van der Waals surface area contributed by atoms with Crippen molar-refractivity contribution < 1.29 is 14.3 Å². The zero-order valence-electron chi connectivity index (χ0n) is 13.4. The first-order valence-electron chi connectivity index (χ1n) is 7.99. The quantitative estimate of drug-likeness (QED) is 0.516. The Morgan fingerprint density at radius 2 is 1.80 bits per heavy atom. The fraction of sp³-hybridized carbons (Fsp3) is 0.263. The van der Waals surface area contributed by atoms with Gasteiger partial charge in [0.05, 0.1) is 11.1 Å². The minimum atomic E-state index is -0.647. The van der Waals surface area contributed by atoms with Gasteiger partial charge in [-0.3, -0.25) is 9.59 Å². The molecule has 1 fully saturated rings. The molecule has 6 heteroatoms. The first-order chi connectivity index (χ1) is 12.0. The number of esters is 1. The van der Waals surface area contributed by atoms with Crippen LogP contribution in [-0.4, -0.2) is 18.5 Å². The van der Waals surface area contributed by atoms with Gasteiger partial charge in [0.25, 0.3) is 5.91 Å². The van der Waals surface area contributed by atoms with Crippen molar-refractivity contribution in [2.24, 2.45) is 0 Å². The average molecular weight is 470 g/mol. The molecule has 0 bridgehead atoms. The molecule has 0 aliphatic heterocycles. The highest BCUT2D eigenvalue weighted by atomic mass is 127. The van der Waals surface area contributed by atoms with E-state index in [0.717, 1.165) is 28.4 Å². The van der Waals surface area contributed by atoms with Crippen LogP contribution in [0, 0.1) is 3.57 Å². The van der Waals surface area contributed by atoms with Gasteiger partial charge in [0.1, 0.15) is 0 Å². The third-order valence-electron chi connectivity index (χ3n) is 4.48. The third kappa shape index (κ3) is 3.98. The molecule has 0 spiro atoms. The number of carbonyl (C=O) groups excluding carboxylic acids is 2. The highest BCUT2D eigenvalue weighted by Crippen LogP contribution is 2.45. The summed E-state index contributed by atoms with van der Waals surface area (Å²) in [5.74, 6) is -0.693. The van der Waals surface area contributed by atoms with Crippen molar-refractivity contribution in [2.45, 2.75) is 24.7 Å². The molecule has 25 heavy (non-hydrogen) atoms. The van der Waals surface area contributed by atoms with Gasteiger partial charge in [-0.2, -0.15) is 0 Å². The molecule has 1 aliphatic rings. The summed E-state index contributed by atoms with van der Waals surface area (Å²) in [5.41, 5.74) is 0.956. The maximum absolute atomic E-state index is 12.6. The Morgan fingerprint density at radius 1 is 1.12 bits per heavy atom. The minimum Gasteiger partial charge on any atom is -0.455 e. The first-order valence-corrected chi connectivity index (χ1v) is 9.45. The van der Waals surface area contributed by atoms with Crippen LogP contribution in [0.2, 0.25) is 5.02 Å². The fourth-order valence-electron chi connectivity index (χ4n) is 2.93. The molecule has 2 aromatic rings. The number of nitrogens with one attached hydrogen (secondary N) is 1. The Kier molecular flexibility index (Phi) is 5.64. The fourth-order valence-corrected chi connectivity index (χ4v) is 3.58. The van der Waals surface area contributed by atoms with Crippen LogP contribution in [0.25, 0.3) is 0 Å². The number of rotatable bonds is 5. The summed E-state index contributed by atoms with van der Waals surface area (Å²) in [6.45, 7) is -0.293. The van der Waals surface area contributed by atoms with Crippen LogP contribution in [0.15, 0.2) is 48.5 Å². The first kappa shape index (κ1) is 18.2. The molecule has 3 rings (SSSR count). The predicted molar refractivity (Wildman–Crippen MR) is 106 cm³/mol. The summed E-state index contributed by atoms with van der Waals surface area (Å²) in [6, 6.07) is 14.7. The molecule has 1 saturated carbocycles. The molecule has 0 heterocycles. The molecular formula is C19H17ClINO3. The van der Waals surface area contributed by atoms with Crippen molar-refractivity contribution in [1.29, 1.82) is 0 Å². The Balaban J connectivity index is 1.62. The standard InChI is InChI=1S/C19H17ClINO3/c20-14-8-6-13(7-9-14)19(10-3-11-19)18(24)25-12-17(23)22-16-5-2-1-4-15(16)21/h1-2,4-9H,3,10-12H2,(H,22,23). The van der Waals surface area contributed by atoms with E-state index in [4.69, 9.17) is 16.3 Å². The molecule has 0 saturated heterocycles. The Hall–Kier alpha value is -1.60. The molecule has 0 aromatic heterocycles. The second-order valence-electron chi connectivity index (χ2n) is 6.05. The summed E-state index contributed by atoms with van der Waals surface area (Å²) in [5, 5.41) is 3.39. The van der Waals surface area contributed by atoms with E-state index in [1.165, 1.54) is 0 Å². The lowest BCUT2D eigenvalue weighted by Gasteiger charge is -2.39. The SMILES string of the molecule is O=C(COC(=O)C1(c2ccc(Cl)cc2)CCC1)Nc1ccccc1I. The Labute approximate surface area is 165 Å². The van der Waals surface area contributed by atoms with E-state index in [-0.39, 0.29) is 18.5 Å². The second-order valence-corrected chi connectivity index (χ2v) is 7.65. The van der Waals surface area contributed by atoms with Crippen molar-refractivity contribution in [3.8, 4) is 0 Å². The number of amides is 1. The summed E-state index contributed by atoms with van der Waals surface area (Å²) >= 11 is 8.07. The molecule has 0 atom stereocenters. The van der Waals surface area contributed by atoms with Crippen molar-refractivity contribution in [3.63, 3.8) is 0 Å². The van der Waals surface area contributed by atoms with E-state index in [1.807, 2.05) is 36.4 Å². The number of para-hydroxylation sites is 1. The van der Waals surface area contributed by atoms with Crippen molar-refractivity contribution in [3.05, 3.63) is 62.7 Å². The van der Waals surface area contributed by atoms with E-state index in [9.17, 15) is 9.59 Å². The number of carbonyl (C=O) groups is 2. The molecule has 0 unspecified atom stereocenters. The minimum absolute atomic E-state index is 0.293. The van der Waals surface area contributed by atoms with Crippen molar-refractivity contribution >= 4 is 51.8 Å². The summed E-state index contributed by atoms with van der Waals surface area (Å²) in [4.78, 5) is 24.7. The van der Waals surface area contributed by atoms with Crippen LogP contribution in [0.5, 0.6) is 0 Å². The van der Waals surface area contributed by atoms with Gasteiger partial charge in [-0.25, -0.2) is 0 Å². The molecule has 130 valence electrons. The van der Waals surface area contributed by atoms with Gasteiger partial charge in [-0.05, 0) is 65.3 Å². The number of hydrogen-bond acceptors (Lipinski definition) is 3. The third-order valence-corrected chi connectivity index (χ3v) is 5.67. The van der Waals surface area contributed by atoms with E-state index in [0.29, 0.717) is 10.7 Å². The van der Waals surface area contributed by atoms with Gasteiger partial charge in [0, 0.05) is 8.59 Å². The largest absolute Gasteiger partial charge is 0.455 e. The number of benzene rings is 2. The summed E-state index contributed by atoms with van der Waals surface area (Å²) < 4.78 is 6.25. The Bertz CT molecular complexity index is 788. The highest BCUT2D eigenvalue weighted by Gasteiger charge is 2.47. The summed E-state index contributed by atoms with van der Waals surface area (Å²) in [6.07, 6.45) is 2.42. The lowest BCUT2D eigenvalue weighted by Crippen LogP contribution is -2.44. The molecule has 4 nitrogen and oxygen atoms in total. The molecule has 1 N–H and O–H groups in total. The van der Waals surface area contributed by atoms with Gasteiger partial charge < -0.3 is 10.1 Å². The number of halogens is 2. The van der Waals surface area contributed by atoms with Crippen LogP contribution in [0.3, 0.4) is 0 Å². The second kappa shape index (κ2) is 7.74. The summed E-state index contributed by atoms with van der Waals surface area (Å²) in [7, 11) is 0. The van der Waals surface area contributed by atoms with Gasteiger partial charge in [-0.15, -0.1) is 0 Å². The topological polar surface area (TPSA) is 55.4 Å². The molecule has 0 radical (unpaired) electrons. The average Bonchev–Trinajstić information content (AvgIpc) is 2.56. The monoisotopic (exact) mass is 469 g/mol. The van der Waals surface area contributed by atoms with Crippen molar-refractivity contribution in [2.75, 3.05) is 11.9 Å². The van der Waals surface area contributed by atoms with Crippen LogP contribution in [0.1, 0.15) is 24.8 Å². The van der Waals surface area contributed by atoms with Gasteiger partial charge >= 0.3 is 5.97 Å². The Morgan fingerprint density at radius 3 is 2.40 bits per heavy atom. The molecule has 1 aliphatic carbocycles. The van der Waals surface area contributed by atoms with E-state index in [2.05, 4.69) is 27.9 Å². The highest BCUT2D eigenvalue weighted by molar-refractivity contribution is 14.1. The smallest absolute Gasteiger partial charge is 0.317 e. The van der Waals surface area contributed by atoms with Gasteiger partial charge in [0.15, 0.2) is 6.61 Å². The normalized spacial score (nSPS) is 15.1. The molecule has 2 aromatic carbocycles. The van der Waals surface area contributed by atoms with E-state index >= 15 is 0 Å². The lowest BCUT2D eigenvalue weighted by atomic mass is 9.64. The van der Waals surface area contributed by atoms with Gasteiger partial charge in [0.2, 0.25) is 0 Å². The zero-order chi connectivity index (χ0) is 17.9. The maximum atomic E-state index is 12.6. The van der Waals surface area contributed by atoms with Crippen LogP contribution in [0.4, 0.5) is 5.69 Å². The number of hydrogen-bond donors (Lipinski definition) is 1. The predicted octanol–water partition coefficient (Wildman–Crippen LogP) is 4.55. The molecule has 1 amide bonds. The van der Waals surface area contributed by atoms with Crippen LogP contribution >= 0.6 is 34.2 Å². The zero-order valence-corrected chi connectivity index (χ0v) is 16.3. The van der Waals surface area contributed by atoms with Gasteiger partial charge in [-0.1, -0.05) is 42.3 Å².